The molecule has 0 saturated carbocycles. The minimum absolute atomic E-state index is 0.340. The molecule has 20 heavy (non-hydrogen) atoms. The zero-order valence-electron chi connectivity index (χ0n) is 12.0. The summed E-state index contributed by atoms with van der Waals surface area (Å²) in [5.74, 6) is 3.01. The molecule has 3 saturated heterocycles. The van der Waals surface area contributed by atoms with Crippen molar-refractivity contribution in [2.75, 3.05) is 31.1 Å². The van der Waals surface area contributed by atoms with E-state index in [0.717, 1.165) is 50.4 Å². The number of piperidine rings is 1. The largest absolute Gasteiger partial charge is 0.378 e. The Hall–Kier alpha value is -1.14. The van der Waals surface area contributed by atoms with E-state index in [-0.39, 0.29) is 0 Å². The first-order chi connectivity index (χ1) is 9.79. The summed E-state index contributed by atoms with van der Waals surface area (Å²) in [5, 5.41) is 11.2. The Morgan fingerprint density at radius 3 is 3.10 bits per heavy atom. The summed E-state index contributed by atoms with van der Waals surface area (Å²) in [6.07, 6.45) is 4.01. The fourth-order valence-corrected chi connectivity index (χ4v) is 3.81. The van der Waals surface area contributed by atoms with Crippen LogP contribution in [0.1, 0.15) is 37.9 Å². The fraction of sp³-hybridized carbons (Fsp3) is 0.857. The topological polar surface area (TPSA) is 66.1 Å². The summed E-state index contributed by atoms with van der Waals surface area (Å²) in [4.78, 5) is 7.04. The Morgan fingerprint density at radius 2 is 2.30 bits per heavy atom. The van der Waals surface area contributed by atoms with E-state index in [1.54, 1.807) is 0 Å². The number of ether oxygens (including phenoxy) is 1. The summed E-state index contributed by atoms with van der Waals surface area (Å²) in [6, 6.07) is 0.625. The molecule has 0 aromatic carbocycles. The highest BCUT2D eigenvalue weighted by atomic mass is 16.5. The minimum atomic E-state index is 0.340. The van der Waals surface area contributed by atoms with Crippen LogP contribution in [0, 0.1) is 5.92 Å². The SMILES string of the molecule is CC1CC(c2nc(N3CC4CCCNC4C3)n[nH]2)CO1. The number of nitrogens with one attached hydrogen (secondary N) is 2. The highest BCUT2D eigenvalue weighted by Gasteiger charge is 2.36. The first-order valence-corrected chi connectivity index (χ1v) is 7.82. The van der Waals surface area contributed by atoms with Gasteiger partial charge in [0.1, 0.15) is 5.82 Å². The molecule has 0 spiro atoms. The van der Waals surface area contributed by atoms with Gasteiger partial charge in [0.05, 0.1) is 12.7 Å². The van der Waals surface area contributed by atoms with E-state index in [2.05, 4.69) is 27.3 Å². The van der Waals surface area contributed by atoms with E-state index in [1.807, 2.05) is 0 Å². The minimum Gasteiger partial charge on any atom is -0.378 e. The Kier molecular flexibility index (Phi) is 3.15. The molecular formula is C14H23N5O. The predicted molar refractivity (Wildman–Crippen MR) is 75.9 cm³/mol. The van der Waals surface area contributed by atoms with E-state index in [1.165, 1.54) is 12.8 Å². The first-order valence-electron chi connectivity index (χ1n) is 7.82. The predicted octanol–water partition coefficient (Wildman–Crippen LogP) is 0.885. The summed E-state index contributed by atoms with van der Waals surface area (Å²) >= 11 is 0. The number of aromatic nitrogens is 3. The van der Waals surface area contributed by atoms with Crippen LogP contribution in [-0.4, -0.2) is 53.6 Å². The van der Waals surface area contributed by atoms with E-state index in [9.17, 15) is 0 Å². The molecule has 3 aliphatic rings. The summed E-state index contributed by atoms with van der Waals surface area (Å²) < 4.78 is 5.62. The molecule has 1 aromatic rings. The second kappa shape index (κ2) is 5.00. The molecule has 0 radical (unpaired) electrons. The molecule has 1 aromatic heterocycles. The molecule has 110 valence electrons. The second-order valence-corrected chi connectivity index (χ2v) is 6.47. The molecule has 2 N–H and O–H groups in total. The third-order valence-corrected chi connectivity index (χ3v) is 4.96. The van der Waals surface area contributed by atoms with E-state index >= 15 is 0 Å². The van der Waals surface area contributed by atoms with Gasteiger partial charge in [-0.3, -0.25) is 5.10 Å². The van der Waals surface area contributed by atoms with Crippen LogP contribution in [0.15, 0.2) is 0 Å². The van der Waals surface area contributed by atoms with Crippen LogP contribution in [-0.2, 0) is 4.74 Å². The summed E-state index contributed by atoms with van der Waals surface area (Å²) in [7, 11) is 0. The molecule has 4 rings (SSSR count). The van der Waals surface area contributed by atoms with Crippen LogP contribution in [0.25, 0.3) is 0 Å². The monoisotopic (exact) mass is 277 g/mol. The maximum absolute atomic E-state index is 5.62. The summed E-state index contributed by atoms with van der Waals surface area (Å²) in [6.45, 7) is 6.17. The van der Waals surface area contributed by atoms with Gasteiger partial charge in [0, 0.05) is 25.0 Å². The van der Waals surface area contributed by atoms with Crippen molar-refractivity contribution in [1.82, 2.24) is 20.5 Å². The highest BCUT2D eigenvalue weighted by molar-refractivity contribution is 5.33. The van der Waals surface area contributed by atoms with Gasteiger partial charge in [-0.15, -0.1) is 5.10 Å². The smallest absolute Gasteiger partial charge is 0.244 e. The first kappa shape index (κ1) is 12.6. The van der Waals surface area contributed by atoms with Gasteiger partial charge in [-0.2, -0.15) is 4.98 Å². The number of hydrogen-bond donors (Lipinski definition) is 2. The second-order valence-electron chi connectivity index (χ2n) is 6.47. The van der Waals surface area contributed by atoms with Gasteiger partial charge < -0.3 is 15.0 Å². The lowest BCUT2D eigenvalue weighted by molar-refractivity contribution is 0.123. The van der Waals surface area contributed by atoms with Crippen LogP contribution in [0.5, 0.6) is 0 Å². The molecular weight excluding hydrogens is 254 g/mol. The van der Waals surface area contributed by atoms with Gasteiger partial charge in [-0.05, 0) is 38.6 Å². The van der Waals surface area contributed by atoms with Crippen molar-refractivity contribution >= 4 is 5.95 Å². The van der Waals surface area contributed by atoms with Crippen molar-refractivity contribution < 1.29 is 4.74 Å². The number of hydrogen-bond acceptors (Lipinski definition) is 5. The Labute approximate surface area is 119 Å². The zero-order valence-corrected chi connectivity index (χ0v) is 12.0. The fourth-order valence-electron chi connectivity index (χ4n) is 3.81. The lowest BCUT2D eigenvalue weighted by atomic mass is 9.94. The van der Waals surface area contributed by atoms with Crippen molar-refractivity contribution in [1.29, 1.82) is 0 Å². The van der Waals surface area contributed by atoms with Gasteiger partial charge in [-0.25, -0.2) is 0 Å². The number of nitrogens with zero attached hydrogens (tertiary/aromatic N) is 3. The lowest BCUT2D eigenvalue weighted by Gasteiger charge is -2.24. The van der Waals surface area contributed by atoms with E-state index in [0.29, 0.717) is 18.1 Å². The zero-order chi connectivity index (χ0) is 13.5. The third-order valence-electron chi connectivity index (χ3n) is 4.96. The number of H-pyrrole nitrogens is 1. The quantitative estimate of drug-likeness (QED) is 0.840. The number of rotatable bonds is 2. The van der Waals surface area contributed by atoms with E-state index < -0.39 is 0 Å². The van der Waals surface area contributed by atoms with Gasteiger partial charge >= 0.3 is 0 Å². The number of fused-ring (bicyclic) bond motifs is 1. The average molecular weight is 277 g/mol. The van der Waals surface area contributed by atoms with Crippen LogP contribution in [0.3, 0.4) is 0 Å². The highest BCUT2D eigenvalue weighted by Crippen LogP contribution is 2.30. The molecule has 6 nitrogen and oxygen atoms in total. The number of anilines is 1. The maximum atomic E-state index is 5.62. The maximum Gasteiger partial charge on any atom is 0.244 e. The van der Waals surface area contributed by atoms with Gasteiger partial charge in [-0.1, -0.05) is 0 Å². The molecule has 4 heterocycles. The Balaban J connectivity index is 1.46. The molecule has 3 fully saturated rings. The van der Waals surface area contributed by atoms with Gasteiger partial charge in [0.15, 0.2) is 0 Å². The Morgan fingerprint density at radius 1 is 1.35 bits per heavy atom. The summed E-state index contributed by atoms with van der Waals surface area (Å²) in [5.41, 5.74) is 0. The molecule has 3 aliphatic heterocycles. The third kappa shape index (κ3) is 2.20. The molecule has 4 atom stereocenters. The molecule has 6 heteroatoms. The van der Waals surface area contributed by atoms with Crippen LogP contribution >= 0.6 is 0 Å². The molecule has 0 aliphatic carbocycles. The molecule has 0 amide bonds. The van der Waals surface area contributed by atoms with Crippen molar-refractivity contribution in [3.8, 4) is 0 Å². The lowest BCUT2D eigenvalue weighted by Crippen LogP contribution is -2.40. The van der Waals surface area contributed by atoms with E-state index in [4.69, 9.17) is 9.72 Å². The van der Waals surface area contributed by atoms with Crippen molar-refractivity contribution in [2.24, 2.45) is 5.92 Å². The normalized spacial score (nSPS) is 37.4. The van der Waals surface area contributed by atoms with Crippen molar-refractivity contribution in [2.45, 2.75) is 44.2 Å². The van der Waals surface area contributed by atoms with Crippen molar-refractivity contribution in [3.05, 3.63) is 5.82 Å². The van der Waals surface area contributed by atoms with Crippen LogP contribution in [0.4, 0.5) is 5.95 Å². The van der Waals surface area contributed by atoms with Crippen LogP contribution < -0.4 is 10.2 Å². The standard InChI is InChI=1S/C14H23N5O/c1-9-5-11(8-20-9)13-16-14(18-17-13)19-6-10-3-2-4-15-12(10)7-19/h9-12,15H,2-8H2,1H3,(H,16,17,18). The molecule has 0 bridgehead atoms. The van der Waals surface area contributed by atoms with Gasteiger partial charge in [0.2, 0.25) is 5.95 Å². The Bertz CT molecular complexity index is 462. The van der Waals surface area contributed by atoms with Crippen molar-refractivity contribution in [3.63, 3.8) is 0 Å². The molecule has 4 unspecified atom stereocenters. The van der Waals surface area contributed by atoms with Crippen LogP contribution in [0.2, 0.25) is 0 Å². The average Bonchev–Trinajstić information content (AvgIpc) is 3.16. The number of aromatic amines is 1. The van der Waals surface area contributed by atoms with Gasteiger partial charge in [0.25, 0.3) is 0 Å².